The summed E-state index contributed by atoms with van der Waals surface area (Å²) in [5.41, 5.74) is 0.972. The molecule has 1 aromatic carbocycles. The molecule has 0 saturated carbocycles. The van der Waals surface area contributed by atoms with Gasteiger partial charge >= 0.3 is 0 Å². The predicted molar refractivity (Wildman–Crippen MR) is 60.8 cm³/mol. The normalized spacial score (nSPS) is 10.5. The zero-order chi connectivity index (χ0) is 11.1. The van der Waals surface area contributed by atoms with E-state index in [4.69, 9.17) is 4.74 Å². The van der Waals surface area contributed by atoms with Crippen molar-refractivity contribution in [3.8, 4) is 5.75 Å². The van der Waals surface area contributed by atoms with Gasteiger partial charge in [-0.2, -0.15) is 0 Å². The van der Waals surface area contributed by atoms with Gasteiger partial charge in [0.05, 0.1) is 13.7 Å². The van der Waals surface area contributed by atoms with Crippen molar-refractivity contribution >= 4 is 12.0 Å². The van der Waals surface area contributed by atoms with Gasteiger partial charge in [-0.1, -0.05) is 6.92 Å². The van der Waals surface area contributed by atoms with Crippen molar-refractivity contribution in [1.82, 2.24) is 0 Å². The molecular weight excluding hydrogens is 190 g/mol. The smallest absolute Gasteiger partial charge is 0.153 e. The zero-order valence-corrected chi connectivity index (χ0v) is 9.06. The second kappa shape index (κ2) is 5.96. The number of ether oxygens (including phenoxy) is 1. The van der Waals surface area contributed by atoms with E-state index in [-0.39, 0.29) is 12.3 Å². The first-order valence-corrected chi connectivity index (χ1v) is 4.92. The van der Waals surface area contributed by atoms with Gasteiger partial charge in [0.1, 0.15) is 5.75 Å². The molecule has 15 heavy (non-hydrogen) atoms. The van der Waals surface area contributed by atoms with Crippen LogP contribution in [0.2, 0.25) is 0 Å². The molecule has 0 aromatic heterocycles. The van der Waals surface area contributed by atoms with Crippen LogP contribution >= 0.6 is 0 Å². The highest BCUT2D eigenvalue weighted by Crippen LogP contribution is 2.09. The summed E-state index contributed by atoms with van der Waals surface area (Å²) in [6, 6.07) is 7.53. The third-order valence-electron chi connectivity index (χ3n) is 2.02. The Labute approximate surface area is 89.8 Å². The van der Waals surface area contributed by atoms with E-state index in [2.05, 4.69) is 4.99 Å². The number of benzene rings is 1. The van der Waals surface area contributed by atoms with Gasteiger partial charge in [0.25, 0.3) is 0 Å². The molecule has 0 amide bonds. The van der Waals surface area contributed by atoms with E-state index in [1.807, 2.05) is 31.2 Å². The summed E-state index contributed by atoms with van der Waals surface area (Å²) in [7, 11) is 1.63. The largest absolute Gasteiger partial charge is 0.497 e. The number of hydrogen-bond donors (Lipinski definition) is 0. The van der Waals surface area contributed by atoms with Crippen molar-refractivity contribution in [2.45, 2.75) is 13.3 Å². The fourth-order valence-electron chi connectivity index (χ4n) is 1.05. The Balaban J connectivity index is 2.53. The van der Waals surface area contributed by atoms with E-state index in [1.165, 1.54) is 0 Å². The molecule has 3 heteroatoms. The van der Waals surface area contributed by atoms with Crippen LogP contribution < -0.4 is 4.74 Å². The number of methoxy groups -OCH3 is 1. The fourth-order valence-corrected chi connectivity index (χ4v) is 1.05. The van der Waals surface area contributed by atoms with E-state index < -0.39 is 0 Å². The summed E-state index contributed by atoms with van der Waals surface area (Å²) >= 11 is 0. The summed E-state index contributed by atoms with van der Waals surface area (Å²) in [5.74, 6) is 0.969. The molecule has 0 unspecified atom stereocenters. The van der Waals surface area contributed by atoms with Gasteiger partial charge in [-0.25, -0.2) is 0 Å². The molecule has 0 spiro atoms. The number of ketones is 1. The van der Waals surface area contributed by atoms with E-state index in [9.17, 15) is 4.79 Å². The van der Waals surface area contributed by atoms with Crippen LogP contribution in [0.3, 0.4) is 0 Å². The molecule has 0 aliphatic rings. The van der Waals surface area contributed by atoms with Gasteiger partial charge in [0, 0.05) is 12.6 Å². The maximum absolute atomic E-state index is 11.0. The van der Waals surface area contributed by atoms with Crippen LogP contribution in [0, 0.1) is 0 Å². The van der Waals surface area contributed by atoms with Crippen LogP contribution in [0.1, 0.15) is 18.9 Å². The minimum Gasteiger partial charge on any atom is -0.497 e. The first kappa shape index (κ1) is 11.4. The van der Waals surface area contributed by atoms with Crippen LogP contribution in [0.15, 0.2) is 29.3 Å². The number of carbonyl (C=O) groups is 1. The molecule has 0 aliphatic heterocycles. The maximum Gasteiger partial charge on any atom is 0.153 e. The second-order valence-corrected chi connectivity index (χ2v) is 3.14. The molecule has 0 aliphatic carbocycles. The van der Waals surface area contributed by atoms with Crippen molar-refractivity contribution < 1.29 is 9.53 Å². The van der Waals surface area contributed by atoms with Gasteiger partial charge in [0.2, 0.25) is 0 Å². The Morgan fingerprint density at radius 2 is 2.07 bits per heavy atom. The topological polar surface area (TPSA) is 38.7 Å². The molecule has 80 valence electrons. The Hall–Kier alpha value is -1.64. The molecule has 0 saturated heterocycles. The number of carbonyl (C=O) groups excluding carboxylic acids is 1. The highest BCUT2D eigenvalue weighted by Gasteiger charge is 1.94. The van der Waals surface area contributed by atoms with Crippen LogP contribution in [0.25, 0.3) is 0 Å². The number of hydrogen-bond acceptors (Lipinski definition) is 3. The Bertz CT molecular complexity index is 341. The van der Waals surface area contributed by atoms with E-state index >= 15 is 0 Å². The highest BCUT2D eigenvalue weighted by molar-refractivity contribution is 5.85. The third kappa shape index (κ3) is 3.94. The van der Waals surface area contributed by atoms with Gasteiger partial charge in [0.15, 0.2) is 5.78 Å². The summed E-state index contributed by atoms with van der Waals surface area (Å²) in [6.45, 7) is 2.10. The number of nitrogens with zero attached hydrogens (tertiary/aromatic N) is 1. The molecule has 0 atom stereocenters. The van der Waals surface area contributed by atoms with Crippen LogP contribution in [-0.4, -0.2) is 25.7 Å². The lowest BCUT2D eigenvalue weighted by Crippen LogP contribution is -1.99. The average Bonchev–Trinajstić information content (AvgIpc) is 2.29. The molecule has 0 N–H and O–H groups in total. The monoisotopic (exact) mass is 205 g/mol. The highest BCUT2D eigenvalue weighted by atomic mass is 16.5. The number of rotatable bonds is 5. The third-order valence-corrected chi connectivity index (χ3v) is 2.02. The van der Waals surface area contributed by atoms with Crippen molar-refractivity contribution in [1.29, 1.82) is 0 Å². The first-order chi connectivity index (χ1) is 7.26. The van der Waals surface area contributed by atoms with Crippen molar-refractivity contribution in [2.75, 3.05) is 13.7 Å². The fraction of sp³-hybridized carbons (Fsp3) is 0.333. The van der Waals surface area contributed by atoms with E-state index in [0.29, 0.717) is 6.42 Å². The summed E-state index contributed by atoms with van der Waals surface area (Å²) < 4.78 is 5.03. The molecule has 3 nitrogen and oxygen atoms in total. The van der Waals surface area contributed by atoms with Crippen LogP contribution in [-0.2, 0) is 4.79 Å². The van der Waals surface area contributed by atoms with Gasteiger partial charge in [-0.05, 0) is 29.8 Å². The molecule has 0 heterocycles. The average molecular weight is 205 g/mol. The summed E-state index contributed by atoms with van der Waals surface area (Å²) in [5, 5.41) is 0. The van der Waals surface area contributed by atoms with Gasteiger partial charge < -0.3 is 4.74 Å². The van der Waals surface area contributed by atoms with Crippen molar-refractivity contribution in [3.05, 3.63) is 29.8 Å². The standard InChI is InChI=1S/C12H15NO2/c1-3-11(14)9-13-8-10-4-6-12(15-2)7-5-10/h4-8H,3,9H2,1-2H3. The molecular formula is C12H15NO2. The van der Waals surface area contributed by atoms with E-state index in [1.54, 1.807) is 13.3 Å². The van der Waals surface area contributed by atoms with Crippen molar-refractivity contribution in [2.24, 2.45) is 4.99 Å². The maximum atomic E-state index is 11.0. The molecule has 0 fully saturated rings. The van der Waals surface area contributed by atoms with Crippen LogP contribution in [0.4, 0.5) is 0 Å². The first-order valence-electron chi connectivity index (χ1n) is 4.92. The molecule has 1 aromatic rings. The zero-order valence-electron chi connectivity index (χ0n) is 9.06. The Morgan fingerprint density at radius 1 is 1.40 bits per heavy atom. The lowest BCUT2D eigenvalue weighted by atomic mass is 10.2. The summed E-state index contributed by atoms with van der Waals surface area (Å²) in [6.07, 6.45) is 2.24. The SMILES string of the molecule is CCC(=O)CN=Cc1ccc(OC)cc1. The lowest BCUT2D eigenvalue weighted by Gasteiger charge is -1.98. The Morgan fingerprint density at radius 3 is 2.60 bits per heavy atom. The minimum absolute atomic E-state index is 0.153. The van der Waals surface area contributed by atoms with Gasteiger partial charge in [-0.15, -0.1) is 0 Å². The second-order valence-electron chi connectivity index (χ2n) is 3.14. The lowest BCUT2D eigenvalue weighted by molar-refractivity contribution is -0.117. The Kier molecular flexibility index (Phi) is 4.54. The quantitative estimate of drug-likeness (QED) is 0.690. The molecule has 0 bridgehead atoms. The number of Topliss-reactive ketones (excluding diaryl/α,β-unsaturated/α-hetero) is 1. The predicted octanol–water partition coefficient (Wildman–Crippen LogP) is 2.09. The van der Waals surface area contributed by atoms with Crippen LogP contribution in [0.5, 0.6) is 5.75 Å². The van der Waals surface area contributed by atoms with Crippen molar-refractivity contribution in [3.63, 3.8) is 0 Å². The van der Waals surface area contributed by atoms with E-state index in [0.717, 1.165) is 11.3 Å². The molecule has 1 rings (SSSR count). The van der Waals surface area contributed by atoms with Gasteiger partial charge in [-0.3, -0.25) is 9.79 Å². The molecule has 0 radical (unpaired) electrons. The minimum atomic E-state index is 0.153. The summed E-state index contributed by atoms with van der Waals surface area (Å²) in [4.78, 5) is 15.0. The number of aliphatic imine (C=N–C) groups is 1.